The van der Waals surface area contributed by atoms with E-state index in [1.54, 1.807) is 0 Å². The lowest BCUT2D eigenvalue weighted by Gasteiger charge is -2.14. The summed E-state index contributed by atoms with van der Waals surface area (Å²) in [6, 6.07) is 4.78. The lowest BCUT2D eigenvalue weighted by Crippen LogP contribution is -2.41. The highest BCUT2D eigenvalue weighted by Crippen LogP contribution is 2.33. The molecule has 0 aliphatic heterocycles. The molecule has 1 aromatic rings. The molecular formula is C14H16FNO3. The van der Waals surface area contributed by atoms with E-state index in [0.717, 1.165) is 12.8 Å². The van der Waals surface area contributed by atoms with Crippen molar-refractivity contribution in [2.45, 2.75) is 31.7 Å². The number of hydrogen-bond donors (Lipinski definition) is 2. The first kappa shape index (κ1) is 13.5. The normalized spacial score (nSPS) is 15.8. The van der Waals surface area contributed by atoms with Crippen molar-refractivity contribution in [2.75, 3.05) is 0 Å². The van der Waals surface area contributed by atoms with Gasteiger partial charge in [0, 0.05) is 0 Å². The minimum atomic E-state index is -1.00. The lowest BCUT2D eigenvalue weighted by molar-refractivity contribution is -0.142. The summed E-state index contributed by atoms with van der Waals surface area (Å²) in [5, 5.41) is 11.6. The van der Waals surface area contributed by atoms with Crippen LogP contribution in [0.25, 0.3) is 0 Å². The Bertz CT molecular complexity index is 468. The number of rotatable bonds is 6. The molecule has 0 aromatic heterocycles. The van der Waals surface area contributed by atoms with E-state index in [2.05, 4.69) is 5.32 Å². The van der Waals surface area contributed by atoms with Crippen LogP contribution in [-0.4, -0.2) is 23.0 Å². The van der Waals surface area contributed by atoms with Crippen molar-refractivity contribution in [3.05, 3.63) is 35.6 Å². The molecule has 1 aliphatic rings. The number of hydrogen-bond acceptors (Lipinski definition) is 2. The molecular weight excluding hydrogens is 249 g/mol. The van der Waals surface area contributed by atoms with E-state index in [4.69, 9.17) is 5.11 Å². The number of amides is 1. The Morgan fingerprint density at radius 2 is 1.95 bits per heavy atom. The number of aliphatic carboxylic acids is 1. The van der Waals surface area contributed by atoms with Gasteiger partial charge in [0.15, 0.2) is 0 Å². The number of halogens is 1. The third kappa shape index (κ3) is 4.35. The van der Waals surface area contributed by atoms with Crippen molar-refractivity contribution in [1.29, 1.82) is 0 Å². The zero-order valence-corrected chi connectivity index (χ0v) is 10.4. The van der Waals surface area contributed by atoms with E-state index in [-0.39, 0.29) is 18.1 Å². The maximum atomic E-state index is 12.7. The molecule has 102 valence electrons. The molecule has 2 N–H and O–H groups in total. The average molecular weight is 265 g/mol. The van der Waals surface area contributed by atoms with Gasteiger partial charge in [0.05, 0.1) is 6.42 Å². The Labute approximate surface area is 110 Å². The predicted molar refractivity (Wildman–Crippen MR) is 67.0 cm³/mol. The van der Waals surface area contributed by atoms with Gasteiger partial charge < -0.3 is 10.4 Å². The van der Waals surface area contributed by atoms with Gasteiger partial charge in [0.25, 0.3) is 0 Å². The van der Waals surface area contributed by atoms with E-state index in [0.29, 0.717) is 17.9 Å². The molecule has 0 bridgehead atoms. The summed E-state index contributed by atoms with van der Waals surface area (Å²) >= 11 is 0. The maximum Gasteiger partial charge on any atom is 0.326 e. The van der Waals surface area contributed by atoms with Crippen molar-refractivity contribution in [3.8, 4) is 0 Å². The molecule has 0 spiro atoms. The first-order valence-electron chi connectivity index (χ1n) is 6.31. The fourth-order valence-corrected chi connectivity index (χ4v) is 1.94. The van der Waals surface area contributed by atoms with Crippen LogP contribution in [0.15, 0.2) is 24.3 Å². The van der Waals surface area contributed by atoms with E-state index >= 15 is 0 Å². The Kier molecular flexibility index (Phi) is 4.14. The summed E-state index contributed by atoms with van der Waals surface area (Å²) in [5.41, 5.74) is 0.662. The summed E-state index contributed by atoms with van der Waals surface area (Å²) in [6.07, 6.45) is 2.63. The zero-order chi connectivity index (χ0) is 13.8. The number of carbonyl (C=O) groups is 2. The highest BCUT2D eigenvalue weighted by Gasteiger charge is 2.30. The third-order valence-electron chi connectivity index (χ3n) is 3.18. The highest BCUT2D eigenvalue weighted by atomic mass is 19.1. The first-order valence-corrected chi connectivity index (χ1v) is 6.31. The predicted octanol–water partition coefficient (Wildman–Crippen LogP) is 1.74. The van der Waals surface area contributed by atoms with Gasteiger partial charge in [0.1, 0.15) is 11.9 Å². The quantitative estimate of drug-likeness (QED) is 0.823. The van der Waals surface area contributed by atoms with Gasteiger partial charge in [-0.25, -0.2) is 9.18 Å². The lowest BCUT2D eigenvalue weighted by atomic mass is 10.1. The monoisotopic (exact) mass is 265 g/mol. The topological polar surface area (TPSA) is 66.4 Å². The molecule has 0 unspecified atom stereocenters. The Morgan fingerprint density at radius 3 is 2.47 bits per heavy atom. The molecule has 0 saturated heterocycles. The number of carboxylic acids is 1. The largest absolute Gasteiger partial charge is 0.480 e. The number of benzene rings is 1. The van der Waals surface area contributed by atoms with Crippen molar-refractivity contribution in [2.24, 2.45) is 5.92 Å². The summed E-state index contributed by atoms with van der Waals surface area (Å²) in [6.45, 7) is 0. The Morgan fingerprint density at radius 1 is 1.32 bits per heavy atom. The minimum absolute atomic E-state index is 0.0642. The Hall–Kier alpha value is -1.91. The minimum Gasteiger partial charge on any atom is -0.480 e. The molecule has 19 heavy (non-hydrogen) atoms. The Balaban J connectivity index is 1.87. The van der Waals surface area contributed by atoms with Gasteiger partial charge in [-0.15, -0.1) is 0 Å². The molecule has 0 radical (unpaired) electrons. The molecule has 5 heteroatoms. The van der Waals surface area contributed by atoms with Crippen molar-refractivity contribution < 1.29 is 19.1 Å². The molecule has 1 amide bonds. The smallest absolute Gasteiger partial charge is 0.326 e. The maximum absolute atomic E-state index is 12.7. The highest BCUT2D eigenvalue weighted by molar-refractivity contribution is 5.84. The summed E-state index contributed by atoms with van der Waals surface area (Å²) < 4.78 is 12.7. The number of nitrogens with one attached hydrogen (secondary N) is 1. The second-order valence-electron chi connectivity index (χ2n) is 4.94. The first-order chi connectivity index (χ1) is 9.04. The molecule has 4 nitrogen and oxygen atoms in total. The SMILES string of the molecule is O=C(Cc1ccc(F)cc1)N[C@H](CC1CC1)C(=O)O. The molecule has 0 heterocycles. The van der Waals surface area contributed by atoms with Crippen LogP contribution >= 0.6 is 0 Å². The van der Waals surface area contributed by atoms with E-state index < -0.39 is 12.0 Å². The molecule has 1 fully saturated rings. The molecule has 1 aliphatic carbocycles. The third-order valence-corrected chi connectivity index (χ3v) is 3.18. The average Bonchev–Trinajstić information content (AvgIpc) is 3.15. The van der Waals surface area contributed by atoms with Crippen LogP contribution in [0.1, 0.15) is 24.8 Å². The van der Waals surface area contributed by atoms with Crippen LogP contribution in [0, 0.1) is 11.7 Å². The fourth-order valence-electron chi connectivity index (χ4n) is 1.94. The standard InChI is InChI=1S/C14H16FNO3/c15-11-5-3-10(4-6-11)8-13(17)16-12(14(18)19)7-9-1-2-9/h3-6,9,12H,1-2,7-8H2,(H,16,17)(H,18,19)/t12-/m1/s1. The van der Waals surface area contributed by atoms with Crippen LogP contribution in [-0.2, 0) is 16.0 Å². The van der Waals surface area contributed by atoms with Gasteiger partial charge in [-0.3, -0.25) is 4.79 Å². The van der Waals surface area contributed by atoms with Crippen molar-refractivity contribution in [1.82, 2.24) is 5.32 Å². The van der Waals surface area contributed by atoms with Crippen LogP contribution in [0.4, 0.5) is 4.39 Å². The van der Waals surface area contributed by atoms with Gasteiger partial charge in [-0.1, -0.05) is 25.0 Å². The number of carboxylic acid groups (broad SMARTS) is 1. The summed E-state index contributed by atoms with van der Waals surface area (Å²) in [7, 11) is 0. The fraction of sp³-hybridized carbons (Fsp3) is 0.429. The van der Waals surface area contributed by atoms with Crippen LogP contribution in [0.5, 0.6) is 0 Å². The number of carbonyl (C=O) groups excluding carboxylic acids is 1. The molecule has 2 rings (SSSR count). The summed E-state index contributed by atoms with van der Waals surface area (Å²) in [5.74, 6) is -1.28. The molecule has 1 saturated carbocycles. The van der Waals surface area contributed by atoms with Crippen LogP contribution < -0.4 is 5.32 Å². The van der Waals surface area contributed by atoms with E-state index in [1.165, 1.54) is 24.3 Å². The van der Waals surface area contributed by atoms with Gasteiger partial charge in [0.2, 0.25) is 5.91 Å². The van der Waals surface area contributed by atoms with E-state index in [9.17, 15) is 14.0 Å². The van der Waals surface area contributed by atoms with Gasteiger partial charge in [-0.05, 0) is 30.0 Å². The second-order valence-corrected chi connectivity index (χ2v) is 4.94. The van der Waals surface area contributed by atoms with E-state index in [1.807, 2.05) is 0 Å². The van der Waals surface area contributed by atoms with Gasteiger partial charge >= 0.3 is 5.97 Å². The van der Waals surface area contributed by atoms with Crippen molar-refractivity contribution >= 4 is 11.9 Å². The summed E-state index contributed by atoms with van der Waals surface area (Å²) in [4.78, 5) is 22.8. The molecule has 1 aromatic carbocycles. The van der Waals surface area contributed by atoms with Crippen LogP contribution in [0.2, 0.25) is 0 Å². The van der Waals surface area contributed by atoms with Gasteiger partial charge in [-0.2, -0.15) is 0 Å². The zero-order valence-electron chi connectivity index (χ0n) is 10.4. The van der Waals surface area contributed by atoms with Crippen molar-refractivity contribution in [3.63, 3.8) is 0 Å². The van der Waals surface area contributed by atoms with Crippen LogP contribution in [0.3, 0.4) is 0 Å². The second kappa shape index (κ2) is 5.82. The molecule has 1 atom stereocenters.